The fourth-order valence-corrected chi connectivity index (χ4v) is 2.81. The zero-order valence-electron chi connectivity index (χ0n) is 13.7. The maximum absolute atomic E-state index is 12.5. The second-order valence-electron chi connectivity index (χ2n) is 6.02. The molecule has 1 saturated heterocycles. The van der Waals surface area contributed by atoms with Crippen LogP contribution in [-0.4, -0.2) is 41.1 Å². The molecule has 2 heterocycles. The summed E-state index contributed by atoms with van der Waals surface area (Å²) in [4.78, 5) is 29.8. The van der Waals surface area contributed by atoms with E-state index >= 15 is 0 Å². The number of nitrogens with zero attached hydrogens (tertiary/aromatic N) is 2. The van der Waals surface area contributed by atoms with Crippen LogP contribution in [0.2, 0.25) is 0 Å². The van der Waals surface area contributed by atoms with Crippen molar-refractivity contribution in [1.82, 2.24) is 15.2 Å². The number of amides is 3. The highest BCUT2D eigenvalue weighted by atomic mass is 16.5. The number of methoxy groups -OCH3 is 1. The average molecular weight is 325 g/mol. The first-order valence-corrected chi connectivity index (χ1v) is 7.66. The van der Waals surface area contributed by atoms with Crippen molar-refractivity contribution in [3.05, 3.63) is 54.4 Å². The van der Waals surface area contributed by atoms with Gasteiger partial charge in [-0.3, -0.25) is 14.7 Å². The molecule has 3 rings (SSSR count). The fraction of sp³-hybridized carbons (Fsp3) is 0.278. The lowest BCUT2D eigenvalue weighted by atomic mass is 10.0. The van der Waals surface area contributed by atoms with Gasteiger partial charge in [0.05, 0.1) is 13.2 Å². The van der Waals surface area contributed by atoms with Crippen molar-refractivity contribution in [3.8, 4) is 11.1 Å². The highest BCUT2D eigenvalue weighted by molar-refractivity contribution is 6.06. The number of hydrogen-bond acceptors (Lipinski definition) is 4. The van der Waals surface area contributed by atoms with Gasteiger partial charge in [0.2, 0.25) is 0 Å². The van der Waals surface area contributed by atoms with Crippen molar-refractivity contribution in [1.29, 1.82) is 0 Å². The largest absolute Gasteiger partial charge is 0.382 e. The molecule has 0 aliphatic carbocycles. The van der Waals surface area contributed by atoms with Gasteiger partial charge in [-0.2, -0.15) is 0 Å². The highest BCUT2D eigenvalue weighted by Crippen LogP contribution is 2.22. The summed E-state index contributed by atoms with van der Waals surface area (Å²) in [5.41, 5.74) is 2.02. The predicted octanol–water partition coefficient (Wildman–Crippen LogP) is 2.21. The fourth-order valence-electron chi connectivity index (χ4n) is 2.81. The Bertz CT molecular complexity index is 746. The lowest BCUT2D eigenvalue weighted by Gasteiger charge is -2.20. The number of rotatable bonds is 5. The molecule has 6 heteroatoms. The third-order valence-electron chi connectivity index (χ3n) is 4.09. The summed E-state index contributed by atoms with van der Waals surface area (Å²) < 4.78 is 5.04. The smallest absolute Gasteiger partial charge is 0.325 e. The molecule has 0 bridgehead atoms. The Kier molecular flexibility index (Phi) is 4.31. The summed E-state index contributed by atoms with van der Waals surface area (Å²) in [5, 5.41) is 2.69. The number of benzene rings is 1. The Hall–Kier alpha value is -2.73. The van der Waals surface area contributed by atoms with Gasteiger partial charge in [0.15, 0.2) is 0 Å². The first-order chi connectivity index (χ1) is 11.5. The van der Waals surface area contributed by atoms with Crippen molar-refractivity contribution in [3.63, 3.8) is 0 Å². The number of pyridine rings is 1. The van der Waals surface area contributed by atoms with Crippen molar-refractivity contribution in [2.75, 3.05) is 13.7 Å². The monoisotopic (exact) mass is 325 g/mol. The van der Waals surface area contributed by atoms with E-state index in [-0.39, 0.29) is 19.1 Å². The van der Waals surface area contributed by atoms with E-state index in [1.165, 1.54) is 12.0 Å². The summed E-state index contributed by atoms with van der Waals surface area (Å²) in [6, 6.07) is 11.3. The van der Waals surface area contributed by atoms with E-state index in [2.05, 4.69) is 10.3 Å². The Morgan fingerprint density at radius 2 is 1.71 bits per heavy atom. The number of ether oxygens (including phenoxy) is 1. The zero-order valence-corrected chi connectivity index (χ0v) is 13.7. The number of hydrogen-bond donors (Lipinski definition) is 1. The van der Waals surface area contributed by atoms with Gasteiger partial charge in [0.25, 0.3) is 5.91 Å². The topological polar surface area (TPSA) is 71.5 Å². The van der Waals surface area contributed by atoms with E-state index in [0.717, 1.165) is 16.7 Å². The second-order valence-corrected chi connectivity index (χ2v) is 6.02. The number of aromatic nitrogens is 1. The normalized spacial score (nSPS) is 20.3. The molecule has 124 valence electrons. The minimum atomic E-state index is -0.997. The molecule has 1 aromatic heterocycles. The molecule has 3 amide bonds. The van der Waals surface area contributed by atoms with Crippen LogP contribution in [0.25, 0.3) is 11.1 Å². The number of imide groups is 1. The van der Waals surface area contributed by atoms with Crippen LogP contribution < -0.4 is 5.32 Å². The molecule has 1 unspecified atom stereocenters. The molecule has 0 radical (unpaired) electrons. The van der Waals surface area contributed by atoms with Crippen LogP contribution in [-0.2, 0) is 16.1 Å². The highest BCUT2D eigenvalue weighted by Gasteiger charge is 2.47. The molecule has 1 aliphatic heterocycles. The summed E-state index contributed by atoms with van der Waals surface area (Å²) in [5.74, 6) is -0.271. The van der Waals surface area contributed by atoms with E-state index in [1.807, 2.05) is 36.4 Å². The van der Waals surface area contributed by atoms with Crippen LogP contribution in [0.3, 0.4) is 0 Å². The maximum Gasteiger partial charge on any atom is 0.325 e. The molecule has 24 heavy (non-hydrogen) atoms. The average Bonchev–Trinajstić information content (AvgIpc) is 2.80. The Morgan fingerprint density at radius 3 is 2.33 bits per heavy atom. The van der Waals surface area contributed by atoms with Gasteiger partial charge in [0.1, 0.15) is 5.54 Å². The van der Waals surface area contributed by atoms with Gasteiger partial charge in [-0.15, -0.1) is 0 Å². The lowest BCUT2D eigenvalue weighted by molar-refractivity contribution is -0.132. The van der Waals surface area contributed by atoms with Crippen LogP contribution in [0.15, 0.2) is 48.8 Å². The SMILES string of the molecule is COCC1(C)NC(=O)N(Cc2ccc(-c3ccncc3)cc2)C1=O. The number of nitrogens with one attached hydrogen (secondary N) is 1. The van der Waals surface area contributed by atoms with Gasteiger partial charge in [0, 0.05) is 19.5 Å². The van der Waals surface area contributed by atoms with E-state index in [1.54, 1.807) is 19.3 Å². The quantitative estimate of drug-likeness (QED) is 0.856. The maximum atomic E-state index is 12.5. The summed E-state index contributed by atoms with van der Waals surface area (Å²) in [6.45, 7) is 2.05. The standard InChI is InChI=1S/C18H19N3O3/c1-18(12-24-2)16(22)21(17(23)20-18)11-13-3-5-14(6-4-13)15-7-9-19-10-8-15/h3-10H,11-12H2,1-2H3,(H,20,23). The number of carbonyl (C=O) groups is 2. The Morgan fingerprint density at radius 1 is 1.08 bits per heavy atom. The third kappa shape index (κ3) is 3.00. The number of carbonyl (C=O) groups excluding carboxylic acids is 2. The van der Waals surface area contributed by atoms with Gasteiger partial charge in [-0.05, 0) is 35.7 Å². The molecule has 1 atom stereocenters. The van der Waals surface area contributed by atoms with Gasteiger partial charge >= 0.3 is 6.03 Å². The van der Waals surface area contributed by atoms with E-state index in [4.69, 9.17) is 4.74 Å². The summed E-state index contributed by atoms with van der Waals surface area (Å²) >= 11 is 0. The molecule has 1 fully saturated rings. The van der Waals surface area contributed by atoms with Crippen molar-refractivity contribution >= 4 is 11.9 Å². The first-order valence-electron chi connectivity index (χ1n) is 7.66. The van der Waals surface area contributed by atoms with E-state index in [0.29, 0.717) is 0 Å². The molecule has 0 saturated carbocycles. The van der Waals surface area contributed by atoms with E-state index in [9.17, 15) is 9.59 Å². The molecular formula is C18H19N3O3. The zero-order chi connectivity index (χ0) is 17.2. The molecule has 0 spiro atoms. The molecule has 1 N–H and O–H groups in total. The first kappa shape index (κ1) is 16.1. The summed E-state index contributed by atoms with van der Waals surface area (Å²) in [7, 11) is 1.51. The van der Waals surface area contributed by atoms with Crippen LogP contribution in [0, 0.1) is 0 Å². The Balaban J connectivity index is 1.75. The molecular weight excluding hydrogens is 306 g/mol. The van der Waals surface area contributed by atoms with Gasteiger partial charge in [-0.1, -0.05) is 24.3 Å². The second kappa shape index (κ2) is 6.41. The van der Waals surface area contributed by atoms with Crippen LogP contribution >= 0.6 is 0 Å². The van der Waals surface area contributed by atoms with Crippen LogP contribution in [0.1, 0.15) is 12.5 Å². The molecule has 1 aliphatic rings. The van der Waals surface area contributed by atoms with Crippen molar-refractivity contribution in [2.24, 2.45) is 0 Å². The predicted molar refractivity (Wildman–Crippen MR) is 89.0 cm³/mol. The molecule has 2 aromatic rings. The van der Waals surface area contributed by atoms with Crippen molar-refractivity contribution < 1.29 is 14.3 Å². The lowest BCUT2D eigenvalue weighted by Crippen LogP contribution is -2.47. The van der Waals surface area contributed by atoms with Gasteiger partial charge in [-0.25, -0.2) is 4.79 Å². The van der Waals surface area contributed by atoms with Crippen LogP contribution in [0.4, 0.5) is 4.79 Å². The van der Waals surface area contributed by atoms with Crippen molar-refractivity contribution in [2.45, 2.75) is 19.0 Å². The Labute approximate surface area is 140 Å². The van der Waals surface area contributed by atoms with Crippen LogP contribution in [0.5, 0.6) is 0 Å². The molecule has 1 aromatic carbocycles. The third-order valence-corrected chi connectivity index (χ3v) is 4.09. The van der Waals surface area contributed by atoms with E-state index < -0.39 is 11.6 Å². The molecule has 6 nitrogen and oxygen atoms in total. The van der Waals surface area contributed by atoms with Gasteiger partial charge < -0.3 is 10.1 Å². The minimum absolute atomic E-state index is 0.148. The summed E-state index contributed by atoms with van der Waals surface area (Å²) in [6.07, 6.45) is 3.49. The minimum Gasteiger partial charge on any atom is -0.382 e. The number of urea groups is 1.